The third-order valence-corrected chi connectivity index (χ3v) is 3.58. The van der Waals surface area contributed by atoms with Gasteiger partial charge in [-0.1, -0.05) is 0 Å². The van der Waals surface area contributed by atoms with Crippen LogP contribution in [0.3, 0.4) is 0 Å². The van der Waals surface area contributed by atoms with Crippen LogP contribution in [0.5, 0.6) is 0 Å². The Hall–Kier alpha value is -1.75. The molecule has 5 nitrogen and oxygen atoms in total. The van der Waals surface area contributed by atoms with E-state index in [4.69, 9.17) is 4.74 Å². The molecular weight excluding hydrogens is 278 g/mol. The molecule has 22 heavy (non-hydrogen) atoms. The van der Waals surface area contributed by atoms with E-state index in [1.807, 2.05) is 45.0 Å². The Labute approximate surface area is 132 Å². The Bertz CT molecular complexity index is 474. The standard InChI is InChI=1S/C17H27N3O2/c1-17(2,3)22-16(21)20-15-6-4-14(5-7-15)19-12-13-8-10-18-11-9-13/h4-7,13,18-19H,8-12H2,1-3H3,(H,20,21). The van der Waals surface area contributed by atoms with Gasteiger partial charge < -0.3 is 15.4 Å². The summed E-state index contributed by atoms with van der Waals surface area (Å²) in [6.45, 7) is 8.78. The number of amides is 1. The highest BCUT2D eigenvalue weighted by atomic mass is 16.6. The van der Waals surface area contributed by atoms with Gasteiger partial charge in [0.25, 0.3) is 0 Å². The van der Waals surface area contributed by atoms with Gasteiger partial charge in [0, 0.05) is 17.9 Å². The van der Waals surface area contributed by atoms with Gasteiger partial charge in [0.05, 0.1) is 0 Å². The van der Waals surface area contributed by atoms with E-state index in [1.165, 1.54) is 12.8 Å². The van der Waals surface area contributed by atoms with Crippen molar-refractivity contribution in [1.29, 1.82) is 0 Å². The number of anilines is 2. The Morgan fingerprint density at radius 1 is 1.18 bits per heavy atom. The number of benzene rings is 1. The molecule has 1 heterocycles. The van der Waals surface area contributed by atoms with E-state index in [2.05, 4.69) is 16.0 Å². The molecule has 1 amide bonds. The number of hydrogen-bond acceptors (Lipinski definition) is 4. The second kappa shape index (κ2) is 7.49. The number of piperidine rings is 1. The maximum Gasteiger partial charge on any atom is 0.412 e. The molecule has 3 N–H and O–H groups in total. The van der Waals surface area contributed by atoms with Crippen molar-refractivity contribution in [3.8, 4) is 0 Å². The van der Waals surface area contributed by atoms with Crippen molar-refractivity contribution >= 4 is 17.5 Å². The number of nitrogens with one attached hydrogen (secondary N) is 3. The minimum absolute atomic E-state index is 0.428. The van der Waals surface area contributed by atoms with E-state index < -0.39 is 11.7 Å². The smallest absolute Gasteiger partial charge is 0.412 e. The van der Waals surface area contributed by atoms with Crippen molar-refractivity contribution in [2.45, 2.75) is 39.2 Å². The summed E-state index contributed by atoms with van der Waals surface area (Å²) in [5.41, 5.74) is 1.33. The molecular formula is C17H27N3O2. The summed E-state index contributed by atoms with van der Waals surface area (Å²) in [5, 5.41) is 9.57. The summed E-state index contributed by atoms with van der Waals surface area (Å²) < 4.78 is 5.23. The monoisotopic (exact) mass is 305 g/mol. The molecule has 122 valence electrons. The van der Waals surface area contributed by atoms with Crippen LogP contribution in [0.25, 0.3) is 0 Å². The Balaban J connectivity index is 1.78. The second-order valence-corrected chi connectivity index (χ2v) is 6.78. The predicted molar refractivity (Wildman–Crippen MR) is 90.4 cm³/mol. The number of rotatable bonds is 4. The van der Waals surface area contributed by atoms with E-state index in [-0.39, 0.29) is 0 Å². The average Bonchev–Trinajstić information content (AvgIpc) is 2.45. The normalized spacial score (nSPS) is 16.1. The third-order valence-electron chi connectivity index (χ3n) is 3.58. The van der Waals surface area contributed by atoms with Crippen LogP contribution in [0, 0.1) is 5.92 Å². The maximum absolute atomic E-state index is 11.7. The molecule has 1 aromatic rings. The van der Waals surface area contributed by atoms with Gasteiger partial charge in [0.1, 0.15) is 5.60 Å². The molecule has 0 saturated carbocycles. The Kier molecular flexibility index (Phi) is 5.66. The van der Waals surface area contributed by atoms with Gasteiger partial charge in [-0.25, -0.2) is 4.79 Å². The van der Waals surface area contributed by atoms with E-state index in [0.717, 1.165) is 36.9 Å². The second-order valence-electron chi connectivity index (χ2n) is 6.78. The molecule has 0 unspecified atom stereocenters. The molecule has 0 aromatic heterocycles. The molecule has 0 atom stereocenters. The van der Waals surface area contributed by atoms with Crippen LogP contribution in [0.4, 0.5) is 16.2 Å². The lowest BCUT2D eigenvalue weighted by molar-refractivity contribution is 0.0636. The molecule has 1 aliphatic heterocycles. The number of carbonyl (C=O) groups is 1. The maximum atomic E-state index is 11.7. The molecule has 1 saturated heterocycles. The topological polar surface area (TPSA) is 62.4 Å². The summed E-state index contributed by atoms with van der Waals surface area (Å²) in [6.07, 6.45) is 2.03. The molecule has 1 fully saturated rings. The zero-order valence-corrected chi connectivity index (χ0v) is 13.7. The van der Waals surface area contributed by atoms with Gasteiger partial charge in [-0.3, -0.25) is 5.32 Å². The van der Waals surface area contributed by atoms with Crippen LogP contribution in [-0.4, -0.2) is 31.3 Å². The van der Waals surface area contributed by atoms with Crippen molar-refractivity contribution in [2.24, 2.45) is 5.92 Å². The Morgan fingerprint density at radius 2 is 1.77 bits per heavy atom. The van der Waals surface area contributed by atoms with Gasteiger partial charge in [0.15, 0.2) is 0 Å². The number of ether oxygens (including phenoxy) is 1. The van der Waals surface area contributed by atoms with Gasteiger partial charge >= 0.3 is 6.09 Å². The Morgan fingerprint density at radius 3 is 2.36 bits per heavy atom. The lowest BCUT2D eigenvalue weighted by atomic mass is 9.98. The number of hydrogen-bond donors (Lipinski definition) is 3. The van der Waals surface area contributed by atoms with Crippen molar-refractivity contribution in [2.75, 3.05) is 30.3 Å². The first-order chi connectivity index (χ1) is 10.4. The zero-order valence-electron chi connectivity index (χ0n) is 13.7. The van der Waals surface area contributed by atoms with Gasteiger partial charge in [-0.2, -0.15) is 0 Å². The van der Waals surface area contributed by atoms with Crippen LogP contribution in [0.2, 0.25) is 0 Å². The summed E-state index contributed by atoms with van der Waals surface area (Å²) in [5.74, 6) is 0.737. The SMILES string of the molecule is CC(C)(C)OC(=O)Nc1ccc(NCC2CCNCC2)cc1. The van der Waals surface area contributed by atoms with Crippen LogP contribution in [0.15, 0.2) is 24.3 Å². The highest BCUT2D eigenvalue weighted by molar-refractivity contribution is 5.85. The fraction of sp³-hybridized carbons (Fsp3) is 0.588. The first-order valence-corrected chi connectivity index (χ1v) is 7.97. The zero-order chi connectivity index (χ0) is 16.0. The van der Waals surface area contributed by atoms with E-state index in [1.54, 1.807) is 0 Å². The lowest BCUT2D eigenvalue weighted by Crippen LogP contribution is -2.31. The van der Waals surface area contributed by atoms with Gasteiger partial charge in [-0.05, 0) is 76.9 Å². The first-order valence-electron chi connectivity index (χ1n) is 7.97. The fourth-order valence-corrected chi connectivity index (χ4v) is 2.44. The minimum Gasteiger partial charge on any atom is -0.444 e. The molecule has 5 heteroatoms. The highest BCUT2D eigenvalue weighted by Crippen LogP contribution is 2.17. The van der Waals surface area contributed by atoms with E-state index in [0.29, 0.717) is 0 Å². The van der Waals surface area contributed by atoms with Crippen LogP contribution in [-0.2, 0) is 4.74 Å². The summed E-state index contributed by atoms with van der Waals surface area (Å²) in [7, 11) is 0. The van der Waals surface area contributed by atoms with Crippen molar-refractivity contribution in [1.82, 2.24) is 5.32 Å². The van der Waals surface area contributed by atoms with E-state index in [9.17, 15) is 4.79 Å². The van der Waals surface area contributed by atoms with Crippen molar-refractivity contribution < 1.29 is 9.53 Å². The molecule has 0 radical (unpaired) electrons. The predicted octanol–water partition coefficient (Wildman–Crippen LogP) is 3.45. The van der Waals surface area contributed by atoms with Gasteiger partial charge in [0.2, 0.25) is 0 Å². The van der Waals surface area contributed by atoms with Gasteiger partial charge in [-0.15, -0.1) is 0 Å². The molecule has 1 aromatic carbocycles. The fourth-order valence-electron chi connectivity index (χ4n) is 2.44. The van der Waals surface area contributed by atoms with Crippen LogP contribution in [0.1, 0.15) is 33.6 Å². The quantitative estimate of drug-likeness (QED) is 0.797. The lowest BCUT2D eigenvalue weighted by Gasteiger charge is -2.23. The average molecular weight is 305 g/mol. The minimum atomic E-state index is -0.486. The van der Waals surface area contributed by atoms with Crippen molar-refractivity contribution in [3.05, 3.63) is 24.3 Å². The van der Waals surface area contributed by atoms with Crippen LogP contribution >= 0.6 is 0 Å². The molecule has 2 rings (SSSR count). The first kappa shape index (κ1) is 16.6. The van der Waals surface area contributed by atoms with Crippen molar-refractivity contribution in [3.63, 3.8) is 0 Å². The molecule has 0 bridgehead atoms. The summed E-state index contributed by atoms with van der Waals surface area (Å²) in [4.78, 5) is 11.7. The molecule has 0 aliphatic carbocycles. The largest absolute Gasteiger partial charge is 0.444 e. The molecule has 0 spiro atoms. The highest BCUT2D eigenvalue weighted by Gasteiger charge is 2.16. The van der Waals surface area contributed by atoms with E-state index >= 15 is 0 Å². The molecule has 1 aliphatic rings. The van der Waals surface area contributed by atoms with Crippen LogP contribution < -0.4 is 16.0 Å². The number of carbonyl (C=O) groups excluding carboxylic acids is 1. The third kappa shape index (κ3) is 5.93. The summed E-state index contributed by atoms with van der Waals surface area (Å²) >= 11 is 0. The summed E-state index contributed by atoms with van der Waals surface area (Å²) in [6, 6.07) is 7.73.